The van der Waals surface area contributed by atoms with E-state index in [0.717, 1.165) is 41.9 Å². The summed E-state index contributed by atoms with van der Waals surface area (Å²) < 4.78 is 13.1. The third-order valence-electron chi connectivity index (χ3n) is 9.64. The van der Waals surface area contributed by atoms with Crippen LogP contribution in [0.5, 0.6) is 0 Å². The van der Waals surface area contributed by atoms with Gasteiger partial charge in [0.05, 0.1) is 0 Å². The van der Waals surface area contributed by atoms with E-state index in [1.54, 1.807) is 12.1 Å². The fourth-order valence-electron chi connectivity index (χ4n) is 7.26. The normalized spacial score (nSPS) is 33.4. The fraction of sp³-hybridized carbons (Fsp3) is 0.750. The Morgan fingerprint density at radius 2 is 1.15 bits per heavy atom. The predicted octanol–water partition coefficient (Wildman–Crippen LogP) is 9.92. The molecule has 0 aromatic heterocycles. The zero-order valence-electron chi connectivity index (χ0n) is 21.3. The fourth-order valence-corrected chi connectivity index (χ4v) is 7.26. The van der Waals surface area contributed by atoms with Crippen LogP contribution in [0.4, 0.5) is 4.39 Å². The van der Waals surface area contributed by atoms with E-state index in [4.69, 9.17) is 0 Å². The lowest BCUT2D eigenvalue weighted by Crippen LogP contribution is -2.25. The van der Waals surface area contributed by atoms with Crippen LogP contribution in [0.15, 0.2) is 36.4 Å². The van der Waals surface area contributed by atoms with Crippen LogP contribution in [0, 0.1) is 41.3 Å². The smallest absolute Gasteiger partial charge is 0.123 e. The van der Waals surface area contributed by atoms with Gasteiger partial charge in [0.2, 0.25) is 0 Å². The van der Waals surface area contributed by atoms with Crippen LogP contribution >= 0.6 is 0 Å². The van der Waals surface area contributed by atoms with Crippen LogP contribution in [0.1, 0.15) is 115 Å². The van der Waals surface area contributed by atoms with E-state index in [-0.39, 0.29) is 5.82 Å². The summed E-state index contributed by atoms with van der Waals surface area (Å²) >= 11 is 0. The maximum absolute atomic E-state index is 13.1. The van der Waals surface area contributed by atoms with Gasteiger partial charge in [-0.3, -0.25) is 0 Å². The van der Waals surface area contributed by atoms with Gasteiger partial charge in [0, 0.05) is 0 Å². The molecular formula is C32H49F. The van der Waals surface area contributed by atoms with Gasteiger partial charge in [-0.1, -0.05) is 63.3 Å². The molecule has 0 unspecified atom stereocenters. The van der Waals surface area contributed by atoms with Gasteiger partial charge >= 0.3 is 0 Å². The molecule has 0 amide bonds. The topological polar surface area (TPSA) is 0 Å². The molecule has 0 nitrogen and oxygen atoms in total. The van der Waals surface area contributed by atoms with Gasteiger partial charge < -0.3 is 0 Å². The van der Waals surface area contributed by atoms with Crippen molar-refractivity contribution in [2.75, 3.05) is 0 Å². The Bertz CT molecular complexity index is 680. The molecule has 1 aromatic rings. The number of hydrogen-bond donors (Lipinski definition) is 0. The number of aryl methyl sites for hydroxylation is 1. The second kappa shape index (κ2) is 13.1. The molecular weight excluding hydrogens is 403 g/mol. The third-order valence-corrected chi connectivity index (χ3v) is 9.64. The molecule has 0 heterocycles. The number of rotatable bonds is 9. The van der Waals surface area contributed by atoms with E-state index >= 15 is 0 Å². The van der Waals surface area contributed by atoms with Crippen LogP contribution in [0.3, 0.4) is 0 Å². The lowest BCUT2D eigenvalue weighted by atomic mass is 9.68. The molecule has 0 N–H and O–H groups in total. The molecule has 3 saturated carbocycles. The van der Waals surface area contributed by atoms with Gasteiger partial charge in [-0.05, 0) is 130 Å². The minimum atomic E-state index is -0.121. The van der Waals surface area contributed by atoms with Crippen molar-refractivity contribution in [2.24, 2.45) is 35.5 Å². The van der Waals surface area contributed by atoms with Crippen molar-refractivity contribution in [3.8, 4) is 0 Å². The molecule has 3 aliphatic carbocycles. The van der Waals surface area contributed by atoms with Crippen molar-refractivity contribution in [3.63, 3.8) is 0 Å². The maximum Gasteiger partial charge on any atom is 0.123 e. The van der Waals surface area contributed by atoms with Gasteiger partial charge in [-0.2, -0.15) is 0 Å². The highest BCUT2D eigenvalue weighted by atomic mass is 19.1. The van der Waals surface area contributed by atoms with Gasteiger partial charge in [0.25, 0.3) is 0 Å². The van der Waals surface area contributed by atoms with Crippen molar-refractivity contribution in [3.05, 3.63) is 47.8 Å². The first-order valence-corrected chi connectivity index (χ1v) is 14.6. The number of hydrogen-bond acceptors (Lipinski definition) is 0. The maximum atomic E-state index is 13.1. The Labute approximate surface area is 203 Å². The zero-order valence-corrected chi connectivity index (χ0v) is 21.3. The first-order valence-electron chi connectivity index (χ1n) is 14.6. The second-order valence-electron chi connectivity index (χ2n) is 11.9. The highest BCUT2D eigenvalue weighted by molar-refractivity contribution is 5.16. The Morgan fingerprint density at radius 1 is 0.667 bits per heavy atom. The van der Waals surface area contributed by atoms with E-state index in [1.165, 1.54) is 108 Å². The van der Waals surface area contributed by atoms with E-state index in [0.29, 0.717) is 0 Å². The minimum Gasteiger partial charge on any atom is -0.207 e. The summed E-state index contributed by atoms with van der Waals surface area (Å²) in [6, 6.07) is 7.11. The van der Waals surface area contributed by atoms with Crippen LogP contribution in [-0.4, -0.2) is 0 Å². The summed E-state index contributed by atoms with van der Waals surface area (Å²) in [5, 5.41) is 0. The number of allylic oxidation sites excluding steroid dienone is 2. The molecule has 0 saturated heterocycles. The summed E-state index contributed by atoms with van der Waals surface area (Å²) in [6.07, 6.45) is 29.4. The van der Waals surface area contributed by atoms with E-state index in [9.17, 15) is 4.39 Å². The molecule has 3 fully saturated rings. The number of benzene rings is 1. The summed E-state index contributed by atoms with van der Waals surface area (Å²) in [5.41, 5.74) is 1.29. The first-order chi connectivity index (χ1) is 16.2. The number of unbranched alkanes of at least 4 members (excludes halogenated alkanes) is 1. The second-order valence-corrected chi connectivity index (χ2v) is 11.9. The van der Waals surface area contributed by atoms with E-state index < -0.39 is 0 Å². The summed E-state index contributed by atoms with van der Waals surface area (Å²) in [7, 11) is 0. The Hall–Kier alpha value is -1.11. The lowest BCUT2D eigenvalue weighted by molar-refractivity contribution is 0.151. The zero-order chi connectivity index (χ0) is 22.9. The molecule has 184 valence electrons. The lowest BCUT2D eigenvalue weighted by Gasteiger charge is -2.37. The van der Waals surface area contributed by atoms with Gasteiger partial charge in [-0.15, -0.1) is 0 Å². The minimum absolute atomic E-state index is 0.121. The largest absolute Gasteiger partial charge is 0.207 e. The Morgan fingerprint density at radius 3 is 1.73 bits per heavy atom. The van der Waals surface area contributed by atoms with Crippen molar-refractivity contribution in [1.82, 2.24) is 0 Å². The highest BCUT2D eigenvalue weighted by Crippen LogP contribution is 2.43. The SMILES string of the molecule is CCCCC1CCC(C2CCC(C=CC3CCC(CCc4ccc(F)cc4)CC3)CC2)CC1. The van der Waals surface area contributed by atoms with E-state index in [2.05, 4.69) is 19.1 Å². The van der Waals surface area contributed by atoms with Gasteiger partial charge in [0.15, 0.2) is 0 Å². The summed E-state index contributed by atoms with van der Waals surface area (Å²) in [5.74, 6) is 5.58. The molecule has 1 aromatic carbocycles. The molecule has 33 heavy (non-hydrogen) atoms. The summed E-state index contributed by atoms with van der Waals surface area (Å²) in [4.78, 5) is 0. The van der Waals surface area contributed by atoms with Crippen LogP contribution < -0.4 is 0 Å². The molecule has 0 spiro atoms. The van der Waals surface area contributed by atoms with Gasteiger partial charge in [0.1, 0.15) is 5.82 Å². The quantitative estimate of drug-likeness (QED) is 0.327. The average molecular weight is 453 g/mol. The molecule has 0 radical (unpaired) electrons. The van der Waals surface area contributed by atoms with Crippen LogP contribution in [-0.2, 0) is 6.42 Å². The standard InChI is InChI=1S/C32H49F/c1-2-3-4-25-13-19-30(20-14-25)31-21-15-28(16-22-31)11-9-26-5-7-27(8-6-26)10-12-29-17-23-32(33)24-18-29/h9,11,17-18,23-28,30-31H,2-8,10,12-16,19-22H2,1H3. The molecule has 0 aliphatic heterocycles. The Balaban J connectivity index is 1.09. The van der Waals surface area contributed by atoms with Crippen LogP contribution in [0.25, 0.3) is 0 Å². The Kier molecular flexibility index (Phi) is 9.93. The highest BCUT2D eigenvalue weighted by Gasteiger charge is 2.30. The monoisotopic (exact) mass is 452 g/mol. The van der Waals surface area contributed by atoms with Gasteiger partial charge in [-0.25, -0.2) is 4.39 Å². The van der Waals surface area contributed by atoms with Crippen LogP contribution in [0.2, 0.25) is 0 Å². The summed E-state index contributed by atoms with van der Waals surface area (Å²) in [6.45, 7) is 2.33. The third kappa shape index (κ3) is 7.97. The first kappa shape index (κ1) is 25.0. The average Bonchev–Trinajstić information content (AvgIpc) is 2.87. The van der Waals surface area contributed by atoms with E-state index in [1.807, 2.05) is 12.1 Å². The van der Waals surface area contributed by atoms with Crippen molar-refractivity contribution >= 4 is 0 Å². The van der Waals surface area contributed by atoms with Crippen molar-refractivity contribution in [1.29, 1.82) is 0 Å². The molecule has 4 rings (SSSR count). The molecule has 1 heteroatoms. The van der Waals surface area contributed by atoms with Crippen molar-refractivity contribution in [2.45, 2.75) is 116 Å². The molecule has 0 bridgehead atoms. The molecule has 3 aliphatic rings. The molecule has 0 atom stereocenters. The predicted molar refractivity (Wildman–Crippen MR) is 140 cm³/mol. The number of halogens is 1. The van der Waals surface area contributed by atoms with Crippen molar-refractivity contribution < 1.29 is 4.39 Å².